The second-order valence-corrected chi connectivity index (χ2v) is 6.86. The van der Waals surface area contributed by atoms with Crippen molar-refractivity contribution in [1.29, 1.82) is 0 Å². The van der Waals surface area contributed by atoms with Crippen molar-refractivity contribution >= 4 is 41.4 Å². The Hall–Kier alpha value is -0.230. The number of carbonyl (C=O) groups is 1. The molecule has 106 valence electrons. The molecule has 0 aliphatic carbocycles. The Morgan fingerprint density at radius 3 is 2.74 bits per heavy atom. The van der Waals surface area contributed by atoms with Crippen molar-refractivity contribution in [3.63, 3.8) is 0 Å². The summed E-state index contributed by atoms with van der Waals surface area (Å²) in [5.41, 5.74) is 0. The summed E-state index contributed by atoms with van der Waals surface area (Å²) in [6.07, 6.45) is 6.73. The zero-order valence-corrected chi connectivity index (χ0v) is 13.3. The average molecular weight is 319 g/mol. The predicted octanol–water partition coefficient (Wildman–Crippen LogP) is 2.90. The molecule has 2 unspecified atom stereocenters. The van der Waals surface area contributed by atoms with E-state index in [0.717, 1.165) is 22.6 Å². The Kier molecular flexibility index (Phi) is 5.17. The van der Waals surface area contributed by atoms with Gasteiger partial charge in [0.1, 0.15) is 4.88 Å². The lowest BCUT2D eigenvalue weighted by Gasteiger charge is -2.29. The van der Waals surface area contributed by atoms with Crippen LogP contribution in [-0.2, 0) is 0 Å². The maximum Gasteiger partial charge on any atom is 0.262 e. The number of thioether (sulfide) groups is 1. The summed E-state index contributed by atoms with van der Waals surface area (Å²) in [5.74, 6) is 0.112. The zero-order valence-electron chi connectivity index (χ0n) is 10.8. The minimum Gasteiger partial charge on any atom is -0.348 e. The van der Waals surface area contributed by atoms with E-state index in [-0.39, 0.29) is 18.3 Å². The maximum atomic E-state index is 12.3. The molecule has 2 aliphatic heterocycles. The Labute approximate surface area is 128 Å². The highest BCUT2D eigenvalue weighted by Gasteiger charge is 2.34. The highest BCUT2D eigenvalue weighted by molar-refractivity contribution is 7.98. The number of rotatable bonds is 3. The Morgan fingerprint density at radius 1 is 1.42 bits per heavy atom. The van der Waals surface area contributed by atoms with E-state index in [4.69, 9.17) is 0 Å². The fraction of sp³-hybridized carbons (Fsp3) is 0.615. The van der Waals surface area contributed by atoms with Crippen molar-refractivity contribution in [3.05, 3.63) is 16.3 Å². The van der Waals surface area contributed by atoms with Crippen LogP contribution < -0.4 is 10.6 Å². The molecule has 2 fully saturated rings. The Bertz CT molecular complexity index is 440. The molecular weight excluding hydrogens is 300 g/mol. The molecule has 3 heterocycles. The van der Waals surface area contributed by atoms with Crippen LogP contribution in [0, 0.1) is 0 Å². The third-order valence-electron chi connectivity index (χ3n) is 3.86. The molecule has 2 saturated heterocycles. The second kappa shape index (κ2) is 6.48. The minimum absolute atomic E-state index is 0. The van der Waals surface area contributed by atoms with Crippen molar-refractivity contribution in [2.75, 3.05) is 6.26 Å². The van der Waals surface area contributed by atoms with Gasteiger partial charge in [0.05, 0.1) is 0 Å². The molecule has 1 aromatic heterocycles. The van der Waals surface area contributed by atoms with Crippen molar-refractivity contribution in [2.45, 2.75) is 48.7 Å². The summed E-state index contributed by atoms with van der Waals surface area (Å²) in [6.45, 7) is 0. The van der Waals surface area contributed by atoms with Crippen molar-refractivity contribution < 1.29 is 4.79 Å². The van der Waals surface area contributed by atoms with Crippen LogP contribution in [0.25, 0.3) is 0 Å². The van der Waals surface area contributed by atoms with Crippen LogP contribution in [0.1, 0.15) is 35.4 Å². The molecule has 3 nitrogen and oxygen atoms in total. The smallest absolute Gasteiger partial charge is 0.262 e. The Balaban J connectivity index is 0.00000133. The normalized spacial score (nSPS) is 28.8. The van der Waals surface area contributed by atoms with Gasteiger partial charge in [-0.3, -0.25) is 4.79 Å². The van der Waals surface area contributed by atoms with Gasteiger partial charge in [0.25, 0.3) is 5.91 Å². The van der Waals surface area contributed by atoms with Gasteiger partial charge in [-0.15, -0.1) is 35.5 Å². The van der Waals surface area contributed by atoms with E-state index in [1.165, 1.54) is 24.2 Å². The van der Waals surface area contributed by atoms with E-state index in [2.05, 4.69) is 10.6 Å². The molecule has 2 N–H and O–H groups in total. The molecule has 0 spiro atoms. The second-order valence-electron chi connectivity index (χ2n) is 5.10. The standard InChI is InChI=1S/C13H18N2OS2.ClH/c1-17-11-4-5-18-12(11)13(16)15-10-6-8-2-3-9(7-10)14-8;/h4-5,8-10,14H,2-3,6-7H2,1H3,(H,15,16);1H. The first-order chi connectivity index (χ1) is 8.76. The topological polar surface area (TPSA) is 41.1 Å². The summed E-state index contributed by atoms with van der Waals surface area (Å²) in [4.78, 5) is 14.2. The quantitative estimate of drug-likeness (QED) is 0.842. The molecule has 0 aromatic carbocycles. The van der Waals surface area contributed by atoms with Crippen LogP contribution in [0.2, 0.25) is 0 Å². The average Bonchev–Trinajstić information content (AvgIpc) is 2.95. The number of thiophene rings is 1. The zero-order chi connectivity index (χ0) is 12.5. The lowest BCUT2D eigenvalue weighted by Crippen LogP contribution is -2.47. The minimum atomic E-state index is 0. The van der Waals surface area contributed by atoms with E-state index in [1.807, 2.05) is 17.7 Å². The number of hydrogen-bond acceptors (Lipinski definition) is 4. The lowest BCUT2D eigenvalue weighted by atomic mass is 10.00. The summed E-state index contributed by atoms with van der Waals surface area (Å²) in [7, 11) is 0. The van der Waals surface area contributed by atoms with Gasteiger partial charge in [0, 0.05) is 23.0 Å². The molecule has 19 heavy (non-hydrogen) atoms. The fourth-order valence-electron chi connectivity index (χ4n) is 3.05. The molecule has 1 amide bonds. The number of piperidine rings is 1. The van der Waals surface area contributed by atoms with Gasteiger partial charge in [0.15, 0.2) is 0 Å². The third kappa shape index (κ3) is 3.27. The first kappa shape index (κ1) is 15.2. The summed E-state index contributed by atoms with van der Waals surface area (Å²) >= 11 is 3.18. The summed E-state index contributed by atoms with van der Waals surface area (Å²) in [5, 5.41) is 8.81. The van der Waals surface area contributed by atoms with E-state index in [0.29, 0.717) is 18.1 Å². The number of carbonyl (C=O) groups excluding carboxylic acids is 1. The molecule has 2 bridgehead atoms. The first-order valence-corrected chi connectivity index (χ1v) is 8.55. The van der Waals surface area contributed by atoms with E-state index < -0.39 is 0 Å². The predicted molar refractivity (Wildman–Crippen MR) is 83.8 cm³/mol. The third-order valence-corrected chi connectivity index (χ3v) is 5.69. The molecule has 0 radical (unpaired) electrons. The van der Waals surface area contributed by atoms with E-state index in [1.54, 1.807) is 11.8 Å². The molecule has 2 aliphatic rings. The maximum absolute atomic E-state index is 12.3. The van der Waals surface area contributed by atoms with Crippen molar-refractivity contribution in [2.24, 2.45) is 0 Å². The van der Waals surface area contributed by atoms with Crippen LogP contribution >= 0.6 is 35.5 Å². The van der Waals surface area contributed by atoms with Gasteiger partial charge in [-0.05, 0) is 43.4 Å². The van der Waals surface area contributed by atoms with Crippen LogP contribution in [0.4, 0.5) is 0 Å². The molecule has 3 rings (SSSR count). The first-order valence-electron chi connectivity index (χ1n) is 6.44. The summed E-state index contributed by atoms with van der Waals surface area (Å²) in [6, 6.07) is 3.62. The van der Waals surface area contributed by atoms with Gasteiger partial charge in [-0.1, -0.05) is 0 Å². The number of amides is 1. The van der Waals surface area contributed by atoms with Gasteiger partial charge < -0.3 is 10.6 Å². The fourth-order valence-corrected chi connectivity index (χ4v) is 4.70. The highest BCUT2D eigenvalue weighted by atomic mass is 35.5. The lowest BCUT2D eigenvalue weighted by molar-refractivity contribution is 0.0925. The van der Waals surface area contributed by atoms with Crippen LogP contribution in [0.15, 0.2) is 16.3 Å². The van der Waals surface area contributed by atoms with Gasteiger partial charge in [-0.25, -0.2) is 0 Å². The SMILES string of the molecule is CSc1ccsc1C(=O)NC1CC2CCC(C1)N2.Cl. The van der Waals surface area contributed by atoms with Crippen LogP contribution in [-0.4, -0.2) is 30.3 Å². The van der Waals surface area contributed by atoms with Gasteiger partial charge in [0.2, 0.25) is 0 Å². The van der Waals surface area contributed by atoms with E-state index in [9.17, 15) is 4.79 Å². The number of halogens is 1. The van der Waals surface area contributed by atoms with Crippen LogP contribution in [0.3, 0.4) is 0 Å². The molecule has 1 aromatic rings. The molecular formula is C13H19ClN2OS2. The molecule has 0 saturated carbocycles. The number of hydrogen-bond donors (Lipinski definition) is 2. The van der Waals surface area contributed by atoms with Gasteiger partial charge >= 0.3 is 0 Å². The monoisotopic (exact) mass is 318 g/mol. The summed E-state index contributed by atoms with van der Waals surface area (Å²) < 4.78 is 0. The largest absolute Gasteiger partial charge is 0.348 e. The van der Waals surface area contributed by atoms with Crippen molar-refractivity contribution in [3.8, 4) is 0 Å². The van der Waals surface area contributed by atoms with Crippen LogP contribution in [0.5, 0.6) is 0 Å². The molecule has 6 heteroatoms. The number of nitrogens with one attached hydrogen (secondary N) is 2. The Morgan fingerprint density at radius 2 is 2.11 bits per heavy atom. The molecule has 2 atom stereocenters. The number of fused-ring (bicyclic) bond motifs is 2. The highest BCUT2D eigenvalue weighted by Crippen LogP contribution is 2.29. The van der Waals surface area contributed by atoms with Gasteiger partial charge in [-0.2, -0.15) is 0 Å². The van der Waals surface area contributed by atoms with E-state index >= 15 is 0 Å². The van der Waals surface area contributed by atoms with Crippen molar-refractivity contribution in [1.82, 2.24) is 10.6 Å².